The van der Waals surface area contributed by atoms with Crippen LogP contribution in [0.3, 0.4) is 0 Å². The maximum Gasteiger partial charge on any atom is 0.412 e. The predicted octanol–water partition coefficient (Wildman–Crippen LogP) is 5.15. The molecule has 3 amide bonds. The molecule has 3 N–H and O–H groups in total. The number of nitrogen functional groups attached to an aromatic ring is 1. The number of hydrogen-bond acceptors (Lipinski definition) is 13. The standard InChI is InChI=1S/C40H52N4O12/c1-23-13-27(21-54-25(3)45)43(19-23)37(47)29-15-33(50-8)35(17-31(29)41)52-11-10-12-53-36-18-32(42-39(49)56-40(5,6)7)30(16-34(36)51-9)38(48)44-20-24(2)14-28(44)22-55-26(4)46/h15-18,27-28H,1-2,10-14,19-22,41H2,3-9H3,(H,42,49). The molecule has 0 saturated carbocycles. The first kappa shape index (κ1) is 42.8. The Morgan fingerprint density at radius 3 is 1.68 bits per heavy atom. The summed E-state index contributed by atoms with van der Waals surface area (Å²) in [5.74, 6) is -0.653. The highest BCUT2D eigenvalue weighted by Crippen LogP contribution is 2.37. The molecule has 0 aliphatic carbocycles. The van der Waals surface area contributed by atoms with Gasteiger partial charge in [-0.3, -0.25) is 24.5 Å². The number of ether oxygens (including phenoxy) is 7. The van der Waals surface area contributed by atoms with Crippen molar-refractivity contribution < 1.29 is 57.1 Å². The van der Waals surface area contributed by atoms with Crippen LogP contribution in [0, 0.1) is 0 Å². The molecule has 16 nitrogen and oxygen atoms in total. The van der Waals surface area contributed by atoms with E-state index in [1.165, 1.54) is 57.2 Å². The lowest BCUT2D eigenvalue weighted by Crippen LogP contribution is -2.39. The van der Waals surface area contributed by atoms with Crippen molar-refractivity contribution in [3.63, 3.8) is 0 Å². The van der Waals surface area contributed by atoms with Gasteiger partial charge in [0.2, 0.25) is 0 Å². The Kier molecular flexibility index (Phi) is 14.2. The summed E-state index contributed by atoms with van der Waals surface area (Å²) in [6.45, 7) is 16.6. The first-order valence-corrected chi connectivity index (χ1v) is 18.1. The number of rotatable bonds is 15. The number of likely N-dealkylation sites (tertiary alicyclic amines) is 2. The fraction of sp³-hybridized carbons (Fsp3) is 0.475. The van der Waals surface area contributed by atoms with E-state index in [1.54, 1.807) is 25.7 Å². The zero-order chi connectivity index (χ0) is 41.3. The van der Waals surface area contributed by atoms with Gasteiger partial charge in [-0.2, -0.15) is 0 Å². The van der Waals surface area contributed by atoms with Crippen LogP contribution >= 0.6 is 0 Å². The molecule has 304 valence electrons. The smallest absolute Gasteiger partial charge is 0.412 e. The monoisotopic (exact) mass is 780 g/mol. The number of methoxy groups -OCH3 is 2. The van der Waals surface area contributed by atoms with Crippen LogP contribution in [-0.4, -0.2) is 111 Å². The molecule has 16 heteroatoms. The number of carbonyl (C=O) groups excluding carboxylic acids is 5. The molecular formula is C40H52N4O12. The lowest BCUT2D eigenvalue weighted by Gasteiger charge is -2.26. The number of benzene rings is 2. The van der Waals surface area contributed by atoms with E-state index in [2.05, 4.69) is 18.5 Å². The molecule has 2 fully saturated rings. The summed E-state index contributed by atoms with van der Waals surface area (Å²) < 4.78 is 39.0. The minimum atomic E-state index is -0.816. The molecule has 2 unspecified atom stereocenters. The van der Waals surface area contributed by atoms with E-state index < -0.39 is 35.6 Å². The van der Waals surface area contributed by atoms with Gasteiger partial charge in [-0.05, 0) is 45.7 Å². The summed E-state index contributed by atoms with van der Waals surface area (Å²) in [5, 5.41) is 2.67. The molecule has 0 bridgehead atoms. The van der Waals surface area contributed by atoms with Crippen LogP contribution < -0.4 is 30.0 Å². The molecule has 0 spiro atoms. The van der Waals surface area contributed by atoms with Crippen molar-refractivity contribution in [2.75, 3.05) is 64.8 Å². The predicted molar refractivity (Wildman–Crippen MR) is 206 cm³/mol. The summed E-state index contributed by atoms with van der Waals surface area (Å²) in [7, 11) is 2.87. The van der Waals surface area contributed by atoms with Gasteiger partial charge < -0.3 is 48.7 Å². The van der Waals surface area contributed by atoms with E-state index >= 15 is 0 Å². The highest BCUT2D eigenvalue weighted by Gasteiger charge is 2.35. The van der Waals surface area contributed by atoms with Crippen molar-refractivity contribution in [2.24, 2.45) is 0 Å². The van der Waals surface area contributed by atoms with Gasteiger partial charge in [0.1, 0.15) is 18.8 Å². The van der Waals surface area contributed by atoms with Crippen molar-refractivity contribution in [2.45, 2.75) is 71.6 Å². The second kappa shape index (κ2) is 18.6. The number of nitrogens with two attached hydrogens (primary N) is 1. The van der Waals surface area contributed by atoms with E-state index in [0.717, 1.165) is 11.1 Å². The van der Waals surface area contributed by atoms with Crippen LogP contribution in [0.25, 0.3) is 0 Å². The molecule has 2 aliphatic heterocycles. The van der Waals surface area contributed by atoms with E-state index in [4.69, 9.17) is 38.9 Å². The van der Waals surface area contributed by atoms with Gasteiger partial charge in [-0.15, -0.1) is 0 Å². The maximum atomic E-state index is 14.0. The number of nitrogens with zero attached hydrogens (tertiary/aromatic N) is 2. The first-order valence-electron chi connectivity index (χ1n) is 18.1. The average Bonchev–Trinajstić information content (AvgIpc) is 3.69. The molecular weight excluding hydrogens is 728 g/mol. The number of carbonyl (C=O) groups is 5. The number of amides is 3. The number of esters is 2. The number of nitrogens with one attached hydrogen (secondary N) is 1. The van der Waals surface area contributed by atoms with Gasteiger partial charge in [0.25, 0.3) is 11.8 Å². The van der Waals surface area contributed by atoms with Crippen LogP contribution in [-0.2, 0) is 23.8 Å². The summed E-state index contributed by atoms with van der Waals surface area (Å²) in [5.41, 5.74) is 7.74. The Morgan fingerprint density at radius 1 is 0.750 bits per heavy atom. The SMILES string of the molecule is C=C1CC(COC(C)=O)N(C(=O)c2cc(OC)c(OCCCOc3cc(NC(=O)OC(C)(C)C)c(C(=O)N4CC(=C)CC4COC(C)=O)cc3OC)cc2N)C1. The molecule has 2 aromatic rings. The maximum absolute atomic E-state index is 14.0. The van der Waals surface area contributed by atoms with E-state index in [9.17, 15) is 24.0 Å². The third-order valence-electron chi connectivity index (χ3n) is 8.74. The lowest BCUT2D eigenvalue weighted by atomic mass is 10.1. The fourth-order valence-corrected chi connectivity index (χ4v) is 6.25. The first-order chi connectivity index (χ1) is 26.4. The van der Waals surface area contributed by atoms with Gasteiger partial charge in [-0.25, -0.2) is 4.79 Å². The quantitative estimate of drug-likeness (QED) is 0.0793. The van der Waals surface area contributed by atoms with E-state index in [1.807, 2.05) is 0 Å². The van der Waals surface area contributed by atoms with Gasteiger partial charge in [0.05, 0.1) is 56.3 Å². The van der Waals surface area contributed by atoms with Crippen molar-refractivity contribution in [1.29, 1.82) is 0 Å². The largest absolute Gasteiger partial charge is 0.493 e. The minimum Gasteiger partial charge on any atom is -0.493 e. The summed E-state index contributed by atoms with van der Waals surface area (Å²) in [6.07, 6.45) is 0.531. The van der Waals surface area contributed by atoms with Crippen molar-refractivity contribution >= 4 is 41.2 Å². The zero-order valence-electron chi connectivity index (χ0n) is 33.1. The topological polar surface area (TPSA) is 194 Å². The highest BCUT2D eigenvalue weighted by molar-refractivity contribution is 6.04. The van der Waals surface area contributed by atoms with Crippen molar-refractivity contribution in [3.05, 3.63) is 59.7 Å². The highest BCUT2D eigenvalue weighted by atomic mass is 16.6. The molecule has 0 aromatic heterocycles. The summed E-state index contributed by atoms with van der Waals surface area (Å²) in [6, 6.07) is 5.16. The van der Waals surface area contributed by atoms with Crippen molar-refractivity contribution in [3.8, 4) is 23.0 Å². The van der Waals surface area contributed by atoms with Gasteiger partial charge in [0, 0.05) is 51.2 Å². The normalized spacial score (nSPS) is 16.6. The minimum absolute atomic E-state index is 0.00933. The number of anilines is 2. The van der Waals surface area contributed by atoms with Crippen LogP contribution in [0.15, 0.2) is 48.6 Å². The Morgan fingerprint density at radius 2 is 1.21 bits per heavy atom. The number of hydrogen-bond donors (Lipinski definition) is 2. The molecule has 2 aromatic carbocycles. The van der Waals surface area contributed by atoms with Crippen LogP contribution in [0.2, 0.25) is 0 Å². The Balaban J connectivity index is 1.47. The molecule has 2 atom stereocenters. The third-order valence-corrected chi connectivity index (χ3v) is 8.74. The van der Waals surface area contributed by atoms with Crippen LogP contribution in [0.1, 0.15) is 74.6 Å². The van der Waals surface area contributed by atoms with E-state index in [0.29, 0.717) is 31.6 Å². The molecule has 2 aliphatic rings. The van der Waals surface area contributed by atoms with Gasteiger partial charge >= 0.3 is 18.0 Å². The van der Waals surface area contributed by atoms with Gasteiger partial charge in [0.15, 0.2) is 23.0 Å². The Hall–Kier alpha value is -5.93. The van der Waals surface area contributed by atoms with Gasteiger partial charge in [-0.1, -0.05) is 24.3 Å². The molecule has 0 radical (unpaired) electrons. The Bertz CT molecular complexity index is 1850. The Labute approximate surface area is 326 Å². The molecule has 2 heterocycles. The summed E-state index contributed by atoms with van der Waals surface area (Å²) >= 11 is 0. The van der Waals surface area contributed by atoms with E-state index in [-0.39, 0.29) is 84.7 Å². The fourth-order valence-electron chi connectivity index (χ4n) is 6.25. The van der Waals surface area contributed by atoms with Crippen molar-refractivity contribution in [1.82, 2.24) is 9.80 Å². The molecule has 4 rings (SSSR count). The lowest BCUT2D eigenvalue weighted by molar-refractivity contribution is -0.143. The summed E-state index contributed by atoms with van der Waals surface area (Å²) in [4.78, 5) is 66.5. The third kappa shape index (κ3) is 11.3. The zero-order valence-corrected chi connectivity index (χ0v) is 33.1. The second-order valence-corrected chi connectivity index (χ2v) is 14.5. The molecule has 56 heavy (non-hydrogen) atoms. The molecule has 2 saturated heterocycles. The second-order valence-electron chi connectivity index (χ2n) is 14.5. The van der Waals surface area contributed by atoms with Crippen LogP contribution in [0.5, 0.6) is 23.0 Å². The average molecular weight is 781 g/mol. The van der Waals surface area contributed by atoms with Crippen LogP contribution in [0.4, 0.5) is 16.2 Å².